The van der Waals surface area contributed by atoms with Crippen molar-refractivity contribution in [2.75, 3.05) is 7.05 Å². The number of para-hydroxylation sites is 1. The molecule has 1 aromatic carbocycles. The average Bonchev–Trinajstić information content (AvgIpc) is 2.84. The number of halogens is 1. The Hall–Kier alpha value is -1.62. The van der Waals surface area contributed by atoms with Crippen molar-refractivity contribution in [2.45, 2.75) is 18.8 Å². The van der Waals surface area contributed by atoms with E-state index in [4.69, 9.17) is 4.42 Å². The molecule has 1 aromatic heterocycles. The van der Waals surface area contributed by atoms with Crippen LogP contribution in [0.15, 0.2) is 33.4 Å². The normalized spacial score (nSPS) is 12.3. The Labute approximate surface area is 119 Å². The van der Waals surface area contributed by atoms with E-state index in [9.17, 15) is 9.59 Å². The molecule has 0 aliphatic carbocycles. The smallest absolute Gasteiger partial charge is 0.227 e. The maximum absolute atomic E-state index is 12.0. The Balaban J connectivity index is 2.46. The molecule has 1 heterocycles. The molecule has 0 spiro atoms. The SMILES string of the molecule is CNC(=O)C(CCC=O)c1coc2c(Br)cccc12. The predicted molar refractivity (Wildman–Crippen MR) is 76.0 cm³/mol. The van der Waals surface area contributed by atoms with Crippen molar-refractivity contribution in [3.8, 4) is 0 Å². The zero-order valence-corrected chi connectivity index (χ0v) is 12.1. The molecule has 1 amide bonds. The van der Waals surface area contributed by atoms with Crippen LogP contribution in [0, 0.1) is 0 Å². The number of hydrogen-bond acceptors (Lipinski definition) is 3. The molecule has 0 fully saturated rings. The van der Waals surface area contributed by atoms with Gasteiger partial charge in [0.15, 0.2) is 0 Å². The summed E-state index contributed by atoms with van der Waals surface area (Å²) in [6, 6.07) is 5.69. The standard InChI is InChI=1S/C14H14BrNO3/c1-16-14(18)10(5-3-7-17)11-8-19-13-9(11)4-2-6-12(13)15/h2,4,6-8,10H,3,5H2,1H3,(H,16,18). The van der Waals surface area contributed by atoms with Gasteiger partial charge >= 0.3 is 0 Å². The highest BCUT2D eigenvalue weighted by Crippen LogP contribution is 2.34. The number of fused-ring (bicyclic) bond motifs is 1. The number of carbonyl (C=O) groups is 2. The number of furan rings is 1. The number of hydrogen-bond donors (Lipinski definition) is 1. The van der Waals surface area contributed by atoms with Gasteiger partial charge in [0.1, 0.15) is 11.9 Å². The second-order valence-corrected chi connectivity index (χ2v) is 5.07. The Morgan fingerprint density at radius 1 is 1.53 bits per heavy atom. The summed E-state index contributed by atoms with van der Waals surface area (Å²) in [6.07, 6.45) is 3.25. The molecule has 0 aliphatic heterocycles. The predicted octanol–water partition coefficient (Wildman–Crippen LogP) is 3.00. The molecule has 1 atom stereocenters. The summed E-state index contributed by atoms with van der Waals surface area (Å²) in [5.41, 5.74) is 1.54. The lowest BCUT2D eigenvalue weighted by molar-refractivity contribution is -0.122. The van der Waals surface area contributed by atoms with Crippen LogP contribution in [-0.2, 0) is 9.59 Å². The van der Waals surface area contributed by atoms with Gasteiger partial charge in [-0.3, -0.25) is 4.79 Å². The molecule has 1 unspecified atom stereocenters. The third-order valence-corrected chi connectivity index (χ3v) is 3.72. The van der Waals surface area contributed by atoms with Crippen LogP contribution in [0.1, 0.15) is 24.3 Å². The summed E-state index contributed by atoms with van der Waals surface area (Å²) in [7, 11) is 1.59. The monoisotopic (exact) mass is 323 g/mol. The van der Waals surface area contributed by atoms with Crippen LogP contribution in [0.2, 0.25) is 0 Å². The molecule has 19 heavy (non-hydrogen) atoms. The highest BCUT2D eigenvalue weighted by atomic mass is 79.9. The van der Waals surface area contributed by atoms with Crippen molar-refractivity contribution >= 4 is 39.1 Å². The van der Waals surface area contributed by atoms with Gasteiger partial charge in [-0.05, 0) is 28.4 Å². The molecular formula is C14H14BrNO3. The molecule has 0 saturated heterocycles. The fourth-order valence-electron chi connectivity index (χ4n) is 2.15. The average molecular weight is 324 g/mol. The summed E-state index contributed by atoms with van der Waals surface area (Å²) >= 11 is 3.42. The van der Waals surface area contributed by atoms with Crippen LogP contribution in [0.3, 0.4) is 0 Å². The van der Waals surface area contributed by atoms with E-state index in [-0.39, 0.29) is 11.8 Å². The van der Waals surface area contributed by atoms with Crippen LogP contribution in [0.25, 0.3) is 11.0 Å². The lowest BCUT2D eigenvalue weighted by atomic mass is 9.93. The van der Waals surface area contributed by atoms with E-state index in [0.717, 1.165) is 27.3 Å². The Morgan fingerprint density at radius 3 is 3.00 bits per heavy atom. The van der Waals surface area contributed by atoms with Gasteiger partial charge in [-0.2, -0.15) is 0 Å². The number of benzene rings is 1. The first-order valence-corrected chi connectivity index (χ1v) is 6.79. The van der Waals surface area contributed by atoms with Crippen LogP contribution in [0.4, 0.5) is 0 Å². The van der Waals surface area contributed by atoms with Crippen molar-refractivity contribution in [1.29, 1.82) is 0 Å². The van der Waals surface area contributed by atoms with Gasteiger partial charge in [0.25, 0.3) is 0 Å². The minimum absolute atomic E-state index is 0.107. The van der Waals surface area contributed by atoms with Crippen molar-refractivity contribution in [2.24, 2.45) is 0 Å². The first kappa shape index (κ1) is 13.8. The Bertz CT molecular complexity index is 606. The highest BCUT2D eigenvalue weighted by molar-refractivity contribution is 9.10. The largest absolute Gasteiger partial charge is 0.463 e. The summed E-state index contributed by atoms with van der Waals surface area (Å²) in [4.78, 5) is 22.5. The maximum atomic E-state index is 12.0. The quantitative estimate of drug-likeness (QED) is 0.860. The molecule has 2 rings (SSSR count). The molecule has 0 bridgehead atoms. The molecule has 4 nitrogen and oxygen atoms in total. The molecule has 0 saturated carbocycles. The van der Waals surface area contributed by atoms with E-state index in [1.54, 1.807) is 13.3 Å². The van der Waals surface area contributed by atoms with Crippen molar-refractivity contribution in [1.82, 2.24) is 5.32 Å². The number of rotatable bonds is 5. The first-order chi connectivity index (χ1) is 9.19. The zero-order chi connectivity index (χ0) is 13.8. The van der Waals surface area contributed by atoms with E-state index in [1.165, 1.54) is 0 Å². The van der Waals surface area contributed by atoms with E-state index in [1.807, 2.05) is 18.2 Å². The molecular weight excluding hydrogens is 310 g/mol. The van der Waals surface area contributed by atoms with Crippen LogP contribution < -0.4 is 5.32 Å². The van der Waals surface area contributed by atoms with Crippen molar-refractivity contribution in [3.63, 3.8) is 0 Å². The van der Waals surface area contributed by atoms with Crippen LogP contribution in [-0.4, -0.2) is 19.2 Å². The fraction of sp³-hybridized carbons (Fsp3) is 0.286. The van der Waals surface area contributed by atoms with Gasteiger partial charge in [-0.1, -0.05) is 12.1 Å². The van der Waals surface area contributed by atoms with Gasteiger partial charge in [0, 0.05) is 24.4 Å². The van der Waals surface area contributed by atoms with E-state index in [0.29, 0.717) is 12.8 Å². The van der Waals surface area contributed by atoms with E-state index < -0.39 is 0 Å². The number of likely N-dealkylation sites (N-methyl/N-ethyl adjacent to an activating group) is 1. The number of aldehydes is 1. The number of amides is 1. The molecule has 2 aromatic rings. The van der Waals surface area contributed by atoms with Gasteiger partial charge < -0.3 is 14.5 Å². The van der Waals surface area contributed by atoms with Gasteiger partial charge in [0.2, 0.25) is 5.91 Å². The zero-order valence-electron chi connectivity index (χ0n) is 10.5. The minimum atomic E-state index is -0.370. The van der Waals surface area contributed by atoms with Crippen molar-refractivity contribution < 1.29 is 14.0 Å². The highest BCUT2D eigenvalue weighted by Gasteiger charge is 2.23. The fourth-order valence-corrected chi connectivity index (χ4v) is 2.61. The Kier molecular flexibility index (Phi) is 4.37. The molecule has 5 heteroatoms. The van der Waals surface area contributed by atoms with E-state index >= 15 is 0 Å². The summed E-state index contributed by atoms with van der Waals surface area (Å²) in [5, 5.41) is 3.53. The lowest BCUT2D eigenvalue weighted by Gasteiger charge is -2.12. The van der Waals surface area contributed by atoms with Crippen molar-refractivity contribution in [3.05, 3.63) is 34.5 Å². The summed E-state index contributed by atoms with van der Waals surface area (Å²) in [6.45, 7) is 0. The summed E-state index contributed by atoms with van der Waals surface area (Å²) in [5.74, 6) is -0.477. The lowest BCUT2D eigenvalue weighted by Crippen LogP contribution is -2.25. The molecule has 100 valence electrons. The van der Waals surface area contributed by atoms with Gasteiger partial charge in [-0.25, -0.2) is 0 Å². The number of nitrogens with one attached hydrogen (secondary N) is 1. The second-order valence-electron chi connectivity index (χ2n) is 4.22. The van der Waals surface area contributed by atoms with E-state index in [2.05, 4.69) is 21.2 Å². The molecule has 1 N–H and O–H groups in total. The van der Waals surface area contributed by atoms with Gasteiger partial charge in [-0.15, -0.1) is 0 Å². The molecule has 0 aliphatic rings. The maximum Gasteiger partial charge on any atom is 0.227 e. The number of carbonyl (C=O) groups excluding carboxylic acids is 2. The summed E-state index contributed by atoms with van der Waals surface area (Å²) < 4.78 is 6.37. The first-order valence-electron chi connectivity index (χ1n) is 6.00. The Morgan fingerprint density at radius 2 is 2.32 bits per heavy atom. The topological polar surface area (TPSA) is 59.3 Å². The van der Waals surface area contributed by atoms with Gasteiger partial charge in [0.05, 0.1) is 16.7 Å². The minimum Gasteiger partial charge on any atom is -0.463 e. The second kappa shape index (κ2) is 6.02. The molecule has 0 radical (unpaired) electrons. The van der Waals surface area contributed by atoms with Crippen LogP contribution >= 0.6 is 15.9 Å². The van der Waals surface area contributed by atoms with Crippen LogP contribution in [0.5, 0.6) is 0 Å². The third kappa shape index (κ3) is 2.71. The third-order valence-electron chi connectivity index (χ3n) is 3.09.